The van der Waals surface area contributed by atoms with E-state index in [9.17, 15) is 5.26 Å². The van der Waals surface area contributed by atoms with Crippen molar-refractivity contribution in [3.05, 3.63) is 60.6 Å². The molecule has 7 nitrogen and oxygen atoms in total. The van der Waals surface area contributed by atoms with Gasteiger partial charge in [-0.2, -0.15) is 10.4 Å². The fourth-order valence-electron chi connectivity index (χ4n) is 6.29. The van der Waals surface area contributed by atoms with Gasteiger partial charge in [-0.05, 0) is 57.7 Å². The third-order valence-corrected chi connectivity index (χ3v) is 8.77. The second-order valence-corrected chi connectivity index (χ2v) is 11.8. The number of allylic oxidation sites excluding steroid dienone is 1. The number of nitrogens with one attached hydrogen (secondary N) is 1. The zero-order valence-electron chi connectivity index (χ0n) is 25.2. The van der Waals surface area contributed by atoms with Crippen molar-refractivity contribution in [2.45, 2.75) is 78.6 Å². The second-order valence-electron chi connectivity index (χ2n) is 11.8. The lowest BCUT2D eigenvalue weighted by Crippen LogP contribution is -2.37. The van der Waals surface area contributed by atoms with Gasteiger partial charge in [0.05, 0.1) is 23.7 Å². The summed E-state index contributed by atoms with van der Waals surface area (Å²) in [6.07, 6.45) is 5.92. The van der Waals surface area contributed by atoms with E-state index in [2.05, 4.69) is 98.5 Å². The molecule has 2 aliphatic rings. The Balaban J connectivity index is 1.53. The minimum atomic E-state index is -0.0176. The average Bonchev–Trinajstić information content (AvgIpc) is 3.61. The molecule has 0 spiro atoms. The van der Waals surface area contributed by atoms with Crippen LogP contribution in [-0.2, 0) is 13.1 Å². The summed E-state index contributed by atoms with van der Waals surface area (Å²) in [5, 5.41) is 17.8. The number of ether oxygens (including phenoxy) is 1. The van der Waals surface area contributed by atoms with E-state index in [4.69, 9.17) is 4.74 Å². The summed E-state index contributed by atoms with van der Waals surface area (Å²) in [6.45, 7) is 22.0. The minimum Gasteiger partial charge on any atom is -0.490 e. The number of aryl methyl sites for hydroxylation is 1. The normalized spacial score (nSPS) is 20.9. The highest BCUT2D eigenvalue weighted by atomic mass is 16.5. The van der Waals surface area contributed by atoms with Crippen molar-refractivity contribution >= 4 is 0 Å². The second kappa shape index (κ2) is 13.4. The summed E-state index contributed by atoms with van der Waals surface area (Å²) >= 11 is 0. The molecule has 216 valence electrons. The quantitative estimate of drug-likeness (QED) is 0.351. The molecule has 7 heteroatoms. The van der Waals surface area contributed by atoms with Crippen LogP contribution in [0.3, 0.4) is 0 Å². The molecule has 3 atom stereocenters. The molecule has 0 amide bonds. The number of nitriles is 1. The van der Waals surface area contributed by atoms with Gasteiger partial charge in [-0.15, -0.1) is 0 Å². The van der Waals surface area contributed by atoms with E-state index in [1.54, 1.807) is 0 Å². The van der Waals surface area contributed by atoms with E-state index >= 15 is 0 Å². The molecule has 1 aromatic heterocycles. The molecule has 2 fully saturated rings. The summed E-state index contributed by atoms with van der Waals surface area (Å²) in [5.74, 6) is 1.80. The van der Waals surface area contributed by atoms with Crippen LogP contribution in [-0.4, -0.2) is 58.4 Å². The van der Waals surface area contributed by atoms with Gasteiger partial charge in [0.2, 0.25) is 0 Å². The SMILES string of the molecule is C=C(NCc1ccc(-c2ccnn2CC)cc1OC1CCN(C)CC1)C1CC(C#N)CN1C(=C)C(CC)C(C)C. The van der Waals surface area contributed by atoms with Crippen molar-refractivity contribution in [2.75, 3.05) is 26.7 Å². The van der Waals surface area contributed by atoms with Crippen LogP contribution >= 0.6 is 0 Å². The topological polar surface area (TPSA) is 69.3 Å². The number of benzene rings is 1. The Morgan fingerprint density at radius 3 is 2.60 bits per heavy atom. The Kier molecular flexibility index (Phi) is 9.97. The Morgan fingerprint density at radius 2 is 1.95 bits per heavy atom. The summed E-state index contributed by atoms with van der Waals surface area (Å²) in [5.41, 5.74) is 5.39. The summed E-state index contributed by atoms with van der Waals surface area (Å²) in [4.78, 5) is 4.70. The van der Waals surface area contributed by atoms with Gasteiger partial charge >= 0.3 is 0 Å². The molecule has 1 N–H and O–H groups in total. The van der Waals surface area contributed by atoms with Crippen LogP contribution in [0, 0.1) is 29.1 Å². The lowest BCUT2D eigenvalue weighted by atomic mass is 9.89. The number of nitrogens with zero attached hydrogens (tertiary/aromatic N) is 5. The molecule has 4 rings (SSSR count). The minimum absolute atomic E-state index is 0.0176. The molecular formula is C33H48N6O. The van der Waals surface area contributed by atoms with Crippen molar-refractivity contribution in [3.8, 4) is 23.1 Å². The van der Waals surface area contributed by atoms with Crippen molar-refractivity contribution in [1.29, 1.82) is 5.26 Å². The lowest BCUT2D eigenvalue weighted by molar-refractivity contribution is 0.113. The Morgan fingerprint density at radius 1 is 1.20 bits per heavy atom. The fourth-order valence-corrected chi connectivity index (χ4v) is 6.29. The maximum absolute atomic E-state index is 9.75. The number of aromatic nitrogens is 2. The Bertz CT molecular complexity index is 1200. The number of likely N-dealkylation sites (tertiary alicyclic amines) is 2. The largest absolute Gasteiger partial charge is 0.490 e. The zero-order valence-corrected chi connectivity index (χ0v) is 25.2. The van der Waals surface area contributed by atoms with Gasteiger partial charge in [0, 0.05) is 67.4 Å². The molecule has 0 aliphatic carbocycles. The smallest absolute Gasteiger partial charge is 0.125 e. The van der Waals surface area contributed by atoms with Gasteiger partial charge in [-0.25, -0.2) is 0 Å². The van der Waals surface area contributed by atoms with Crippen LogP contribution in [0.15, 0.2) is 55.0 Å². The first kappa shape index (κ1) is 29.7. The van der Waals surface area contributed by atoms with Gasteiger partial charge in [0.15, 0.2) is 0 Å². The summed E-state index contributed by atoms with van der Waals surface area (Å²) in [6, 6.07) is 11.1. The standard InChI is InChI=1S/C33H48N6O/c1-8-30(23(3)4)25(6)38-22-26(20-34)18-32(38)24(5)35-21-28-11-10-27(31-12-15-36-39(31)9-2)19-33(28)40-29-13-16-37(7)17-14-29/h10-12,15,19,23,26,29-30,32,35H,5-6,8-9,13-14,16-18,21-22H2,1-4,7H3. The van der Waals surface area contributed by atoms with E-state index in [-0.39, 0.29) is 18.1 Å². The third kappa shape index (κ3) is 6.72. The van der Waals surface area contributed by atoms with Crippen LogP contribution in [0.5, 0.6) is 5.75 Å². The van der Waals surface area contributed by atoms with E-state index in [1.165, 1.54) is 0 Å². The van der Waals surface area contributed by atoms with E-state index in [1.807, 2.05) is 10.9 Å². The molecule has 0 radical (unpaired) electrons. The third-order valence-electron chi connectivity index (χ3n) is 8.77. The maximum Gasteiger partial charge on any atom is 0.125 e. The number of hydrogen-bond donors (Lipinski definition) is 1. The van der Waals surface area contributed by atoms with Crippen LogP contribution in [0.25, 0.3) is 11.3 Å². The predicted molar refractivity (Wildman–Crippen MR) is 162 cm³/mol. The van der Waals surface area contributed by atoms with Gasteiger partial charge < -0.3 is 19.9 Å². The highest BCUT2D eigenvalue weighted by Crippen LogP contribution is 2.36. The average molecular weight is 545 g/mol. The molecule has 2 aromatic rings. The van der Waals surface area contributed by atoms with Gasteiger partial charge in [-0.1, -0.05) is 46.1 Å². The van der Waals surface area contributed by atoms with Gasteiger partial charge in [0.25, 0.3) is 0 Å². The highest BCUT2D eigenvalue weighted by Gasteiger charge is 2.36. The molecule has 40 heavy (non-hydrogen) atoms. The molecule has 1 aromatic carbocycles. The zero-order chi connectivity index (χ0) is 28.8. The van der Waals surface area contributed by atoms with Crippen molar-refractivity contribution < 1.29 is 4.74 Å². The molecule has 2 saturated heterocycles. The Labute approximate surface area is 241 Å². The molecule has 0 bridgehead atoms. The fraction of sp³-hybridized carbons (Fsp3) is 0.576. The summed E-state index contributed by atoms with van der Waals surface area (Å²) < 4.78 is 8.69. The first-order valence-corrected chi connectivity index (χ1v) is 15.0. The van der Waals surface area contributed by atoms with E-state index in [0.29, 0.717) is 24.9 Å². The van der Waals surface area contributed by atoms with Gasteiger partial charge in [-0.3, -0.25) is 4.68 Å². The first-order chi connectivity index (χ1) is 19.2. The van der Waals surface area contributed by atoms with Crippen LogP contribution in [0.1, 0.15) is 58.9 Å². The van der Waals surface area contributed by atoms with E-state index < -0.39 is 0 Å². The maximum atomic E-state index is 9.75. The predicted octanol–water partition coefficient (Wildman–Crippen LogP) is 6.06. The van der Waals surface area contributed by atoms with Crippen molar-refractivity contribution in [2.24, 2.45) is 17.8 Å². The number of rotatable bonds is 12. The number of piperidine rings is 1. The first-order valence-electron chi connectivity index (χ1n) is 15.0. The Hall–Kier alpha value is -3.24. The van der Waals surface area contributed by atoms with Crippen LogP contribution in [0.2, 0.25) is 0 Å². The molecular weight excluding hydrogens is 496 g/mol. The summed E-state index contributed by atoms with van der Waals surface area (Å²) in [7, 11) is 2.17. The molecule has 2 aliphatic heterocycles. The molecule has 3 heterocycles. The molecule has 3 unspecified atom stereocenters. The monoisotopic (exact) mass is 544 g/mol. The lowest BCUT2D eigenvalue weighted by Gasteiger charge is -2.35. The molecule has 0 saturated carbocycles. The number of hydrogen-bond acceptors (Lipinski definition) is 6. The van der Waals surface area contributed by atoms with E-state index in [0.717, 1.165) is 79.3 Å². The van der Waals surface area contributed by atoms with Crippen LogP contribution < -0.4 is 10.1 Å². The van der Waals surface area contributed by atoms with Crippen molar-refractivity contribution in [3.63, 3.8) is 0 Å². The van der Waals surface area contributed by atoms with Crippen LogP contribution in [0.4, 0.5) is 0 Å². The highest BCUT2D eigenvalue weighted by molar-refractivity contribution is 5.63. The van der Waals surface area contributed by atoms with Gasteiger partial charge in [0.1, 0.15) is 11.9 Å². The van der Waals surface area contributed by atoms with Crippen molar-refractivity contribution in [1.82, 2.24) is 24.9 Å².